The van der Waals surface area contributed by atoms with Crippen LogP contribution in [0.2, 0.25) is 0 Å². The molecule has 3 aromatic rings. The van der Waals surface area contributed by atoms with Crippen molar-refractivity contribution in [3.8, 4) is 11.1 Å². The van der Waals surface area contributed by atoms with Gasteiger partial charge in [0.25, 0.3) is 5.91 Å². The standard InChI is InChI=1S/C22H19N3O2/c1-23-22(27)25-18-9-7-17(8-10-18)24-21(26)15-6-11-20-16(13-15)12-14-4-2-3-5-19(14)20/h2-11,13H,12H2,1H3,(H,24,26)(H2,23,25,27). The van der Waals surface area contributed by atoms with Gasteiger partial charge < -0.3 is 16.0 Å². The van der Waals surface area contributed by atoms with E-state index in [1.165, 1.54) is 22.3 Å². The molecule has 3 amide bonds. The van der Waals surface area contributed by atoms with E-state index in [0.29, 0.717) is 16.9 Å². The molecule has 3 N–H and O–H groups in total. The van der Waals surface area contributed by atoms with E-state index >= 15 is 0 Å². The summed E-state index contributed by atoms with van der Waals surface area (Å²) < 4.78 is 0. The number of urea groups is 1. The van der Waals surface area contributed by atoms with Crippen LogP contribution in [0.5, 0.6) is 0 Å². The molecule has 0 saturated heterocycles. The fourth-order valence-corrected chi connectivity index (χ4v) is 3.32. The van der Waals surface area contributed by atoms with Crippen LogP contribution in [0.4, 0.5) is 16.2 Å². The number of amides is 3. The zero-order valence-corrected chi connectivity index (χ0v) is 14.9. The highest BCUT2D eigenvalue weighted by Gasteiger charge is 2.19. The maximum atomic E-state index is 12.6. The highest BCUT2D eigenvalue weighted by atomic mass is 16.2. The maximum Gasteiger partial charge on any atom is 0.318 e. The first-order valence-corrected chi connectivity index (χ1v) is 8.75. The number of carbonyl (C=O) groups excluding carboxylic acids is 2. The lowest BCUT2D eigenvalue weighted by atomic mass is 10.0. The number of anilines is 2. The van der Waals surface area contributed by atoms with Gasteiger partial charge in [0, 0.05) is 24.0 Å². The molecule has 4 rings (SSSR count). The van der Waals surface area contributed by atoms with Crippen LogP contribution in [0.25, 0.3) is 11.1 Å². The summed E-state index contributed by atoms with van der Waals surface area (Å²) in [6.07, 6.45) is 0.854. The minimum Gasteiger partial charge on any atom is -0.341 e. The van der Waals surface area contributed by atoms with Crippen LogP contribution in [0.15, 0.2) is 66.7 Å². The Hall–Kier alpha value is -3.60. The normalized spacial score (nSPS) is 11.3. The lowest BCUT2D eigenvalue weighted by molar-refractivity contribution is 0.102. The smallest absolute Gasteiger partial charge is 0.318 e. The van der Waals surface area contributed by atoms with Crippen LogP contribution in [0.1, 0.15) is 21.5 Å². The Morgan fingerprint density at radius 1 is 0.778 bits per heavy atom. The number of benzene rings is 3. The van der Waals surface area contributed by atoms with E-state index in [2.05, 4.69) is 28.1 Å². The van der Waals surface area contributed by atoms with E-state index in [4.69, 9.17) is 0 Å². The first-order valence-electron chi connectivity index (χ1n) is 8.75. The molecule has 0 radical (unpaired) electrons. The van der Waals surface area contributed by atoms with Gasteiger partial charge in [-0.25, -0.2) is 4.79 Å². The van der Waals surface area contributed by atoms with Crippen molar-refractivity contribution in [2.45, 2.75) is 6.42 Å². The Kier molecular flexibility index (Phi) is 4.34. The van der Waals surface area contributed by atoms with Gasteiger partial charge in [-0.15, -0.1) is 0 Å². The van der Waals surface area contributed by atoms with Crippen LogP contribution >= 0.6 is 0 Å². The second kappa shape index (κ2) is 6.96. The topological polar surface area (TPSA) is 70.2 Å². The zero-order valence-electron chi connectivity index (χ0n) is 14.9. The van der Waals surface area contributed by atoms with E-state index in [9.17, 15) is 9.59 Å². The summed E-state index contributed by atoms with van der Waals surface area (Å²) in [4.78, 5) is 23.9. The number of carbonyl (C=O) groups is 2. The Bertz CT molecular complexity index is 1030. The first-order chi connectivity index (χ1) is 13.1. The molecule has 0 aromatic heterocycles. The van der Waals surface area contributed by atoms with Crippen molar-refractivity contribution in [3.63, 3.8) is 0 Å². The van der Waals surface area contributed by atoms with Crippen molar-refractivity contribution in [1.29, 1.82) is 0 Å². The average Bonchev–Trinajstić information content (AvgIpc) is 3.07. The lowest BCUT2D eigenvalue weighted by Crippen LogP contribution is -2.24. The van der Waals surface area contributed by atoms with Crippen LogP contribution in [0.3, 0.4) is 0 Å². The molecule has 0 aliphatic heterocycles. The Labute approximate surface area is 157 Å². The summed E-state index contributed by atoms with van der Waals surface area (Å²) in [5.74, 6) is -0.152. The number of fused-ring (bicyclic) bond motifs is 3. The van der Waals surface area contributed by atoms with E-state index < -0.39 is 0 Å². The molecule has 0 spiro atoms. The number of hydrogen-bond acceptors (Lipinski definition) is 2. The molecule has 3 aromatic carbocycles. The van der Waals surface area contributed by atoms with E-state index in [1.54, 1.807) is 31.3 Å². The van der Waals surface area contributed by atoms with Gasteiger partial charge in [0.15, 0.2) is 0 Å². The van der Waals surface area contributed by atoms with Crippen molar-refractivity contribution in [1.82, 2.24) is 5.32 Å². The highest BCUT2D eigenvalue weighted by molar-refractivity contribution is 6.05. The molecule has 0 atom stereocenters. The molecule has 1 aliphatic carbocycles. The molecule has 5 nitrogen and oxygen atoms in total. The van der Waals surface area contributed by atoms with Crippen molar-refractivity contribution in [2.24, 2.45) is 0 Å². The fraction of sp³-hybridized carbons (Fsp3) is 0.0909. The minimum atomic E-state index is -0.286. The van der Waals surface area contributed by atoms with Crippen molar-refractivity contribution in [3.05, 3.63) is 83.4 Å². The van der Waals surface area contributed by atoms with Crippen LogP contribution in [-0.4, -0.2) is 19.0 Å². The third-order valence-corrected chi connectivity index (χ3v) is 4.68. The molecule has 0 fully saturated rings. The monoisotopic (exact) mass is 357 g/mol. The van der Waals surface area contributed by atoms with Crippen molar-refractivity contribution in [2.75, 3.05) is 17.7 Å². The Morgan fingerprint density at radius 2 is 1.44 bits per heavy atom. The lowest BCUT2D eigenvalue weighted by Gasteiger charge is -2.09. The molecule has 134 valence electrons. The molecule has 5 heteroatoms. The summed E-state index contributed by atoms with van der Waals surface area (Å²) in [6.45, 7) is 0. The Balaban J connectivity index is 1.48. The van der Waals surface area contributed by atoms with E-state index in [1.807, 2.05) is 30.3 Å². The number of hydrogen-bond donors (Lipinski definition) is 3. The quantitative estimate of drug-likeness (QED) is 0.513. The van der Waals surface area contributed by atoms with Gasteiger partial charge in [-0.1, -0.05) is 30.3 Å². The third kappa shape index (κ3) is 3.40. The number of nitrogens with one attached hydrogen (secondary N) is 3. The molecule has 0 heterocycles. The van der Waals surface area contributed by atoms with Crippen LogP contribution < -0.4 is 16.0 Å². The van der Waals surface area contributed by atoms with E-state index in [-0.39, 0.29) is 11.9 Å². The molecule has 0 saturated carbocycles. The molecule has 27 heavy (non-hydrogen) atoms. The minimum absolute atomic E-state index is 0.152. The fourth-order valence-electron chi connectivity index (χ4n) is 3.32. The molecule has 0 bridgehead atoms. The van der Waals surface area contributed by atoms with Gasteiger partial charge in [0.2, 0.25) is 0 Å². The predicted octanol–water partition coefficient (Wildman–Crippen LogP) is 4.26. The molecule has 1 aliphatic rings. The predicted molar refractivity (Wildman–Crippen MR) is 107 cm³/mol. The van der Waals surface area contributed by atoms with Gasteiger partial charge in [0.1, 0.15) is 0 Å². The summed E-state index contributed by atoms with van der Waals surface area (Å²) in [5.41, 5.74) is 6.88. The second-order valence-electron chi connectivity index (χ2n) is 6.44. The summed E-state index contributed by atoms with van der Waals surface area (Å²) in [5, 5.41) is 8.06. The van der Waals surface area contributed by atoms with Gasteiger partial charge in [-0.05, 0) is 65.1 Å². The zero-order chi connectivity index (χ0) is 18.8. The summed E-state index contributed by atoms with van der Waals surface area (Å²) in [6, 6.07) is 20.9. The maximum absolute atomic E-state index is 12.6. The van der Waals surface area contributed by atoms with Crippen molar-refractivity contribution >= 4 is 23.3 Å². The van der Waals surface area contributed by atoms with Crippen molar-refractivity contribution < 1.29 is 9.59 Å². The van der Waals surface area contributed by atoms with Crippen LogP contribution in [0, 0.1) is 0 Å². The Morgan fingerprint density at radius 3 is 2.19 bits per heavy atom. The van der Waals surface area contributed by atoms with Gasteiger partial charge in [0.05, 0.1) is 0 Å². The van der Waals surface area contributed by atoms with Gasteiger partial charge in [-0.3, -0.25) is 4.79 Å². The molecular weight excluding hydrogens is 338 g/mol. The summed E-state index contributed by atoms with van der Waals surface area (Å²) >= 11 is 0. The second-order valence-corrected chi connectivity index (χ2v) is 6.44. The summed E-state index contributed by atoms with van der Waals surface area (Å²) in [7, 11) is 1.55. The van der Waals surface area contributed by atoms with E-state index in [0.717, 1.165) is 6.42 Å². The number of rotatable bonds is 3. The van der Waals surface area contributed by atoms with Crippen LogP contribution in [-0.2, 0) is 6.42 Å². The molecule has 0 unspecified atom stereocenters. The third-order valence-electron chi connectivity index (χ3n) is 4.68. The first kappa shape index (κ1) is 16.8. The SMILES string of the molecule is CNC(=O)Nc1ccc(NC(=O)c2ccc3c(c2)Cc2ccccc2-3)cc1. The average molecular weight is 357 g/mol. The largest absolute Gasteiger partial charge is 0.341 e. The van der Waals surface area contributed by atoms with Gasteiger partial charge in [-0.2, -0.15) is 0 Å². The highest BCUT2D eigenvalue weighted by Crippen LogP contribution is 2.36. The van der Waals surface area contributed by atoms with Gasteiger partial charge >= 0.3 is 6.03 Å². The molecular formula is C22H19N3O2.